The van der Waals surface area contributed by atoms with Crippen molar-refractivity contribution in [2.45, 2.75) is 11.8 Å². The van der Waals surface area contributed by atoms with E-state index in [-0.39, 0.29) is 0 Å². The number of nitro groups is 1. The van der Waals surface area contributed by atoms with E-state index in [1.54, 1.807) is 6.92 Å². The van der Waals surface area contributed by atoms with Crippen molar-refractivity contribution in [2.24, 2.45) is 0 Å². The van der Waals surface area contributed by atoms with Gasteiger partial charge >= 0.3 is 10.1 Å². The summed E-state index contributed by atoms with van der Waals surface area (Å²) < 4.78 is 30.2. The summed E-state index contributed by atoms with van der Waals surface area (Å²) >= 11 is 0. The van der Waals surface area contributed by atoms with E-state index in [1.807, 2.05) is 0 Å². The van der Waals surface area contributed by atoms with Crippen LogP contribution in [-0.4, -0.2) is 17.9 Å². The second-order valence-electron chi connectivity index (χ2n) is 2.70. The molecule has 0 unspecified atom stereocenters. The second-order valence-corrected chi connectivity index (χ2v) is 4.09. The smallest absolute Gasteiger partial charge is 0.282 e. The van der Waals surface area contributed by atoms with Gasteiger partial charge in [-0.05, 0) is 18.6 Å². The molecule has 0 fully saturated rings. The van der Waals surface area contributed by atoms with Crippen molar-refractivity contribution in [3.8, 4) is 0 Å². The molecule has 0 amide bonds. The van der Waals surface area contributed by atoms with E-state index in [0.717, 1.165) is 12.1 Å². The summed E-state index contributed by atoms with van der Waals surface area (Å²) in [6, 6.07) is 3.48. The van der Waals surface area contributed by atoms with Gasteiger partial charge < -0.3 is 0 Å². The third-order valence-corrected chi connectivity index (χ3v) is 2.47. The Kier molecular flexibility index (Phi) is 2.54. The summed E-state index contributed by atoms with van der Waals surface area (Å²) in [5.74, 6) is 0. The fourth-order valence-corrected chi connectivity index (χ4v) is 1.72. The normalized spacial score (nSPS) is 11.3. The van der Waals surface area contributed by atoms with Crippen molar-refractivity contribution in [2.75, 3.05) is 0 Å². The quantitative estimate of drug-likeness (QED) is 0.455. The van der Waals surface area contributed by atoms with Crippen molar-refractivity contribution in [3.05, 3.63) is 33.9 Å². The first-order valence-electron chi connectivity index (χ1n) is 3.55. The topological polar surface area (TPSA) is 97.5 Å². The Balaban J connectivity index is 3.54. The van der Waals surface area contributed by atoms with Gasteiger partial charge in [-0.1, -0.05) is 6.07 Å². The average Bonchev–Trinajstić information content (AvgIpc) is 2.01. The molecule has 0 spiro atoms. The van der Waals surface area contributed by atoms with Crippen molar-refractivity contribution >= 4 is 15.8 Å². The van der Waals surface area contributed by atoms with E-state index in [0.29, 0.717) is 5.56 Å². The molecule has 0 aliphatic heterocycles. The summed E-state index contributed by atoms with van der Waals surface area (Å²) in [7, 11) is -4.54. The molecule has 0 heterocycles. The molecule has 0 saturated carbocycles. The van der Waals surface area contributed by atoms with Crippen LogP contribution in [0.3, 0.4) is 0 Å². The summed E-state index contributed by atoms with van der Waals surface area (Å²) in [6.07, 6.45) is 0. The van der Waals surface area contributed by atoms with Gasteiger partial charge in [-0.2, -0.15) is 8.42 Å². The first kappa shape index (κ1) is 10.6. The second kappa shape index (κ2) is 3.35. The van der Waals surface area contributed by atoms with Crippen LogP contribution in [0.25, 0.3) is 0 Å². The molecule has 1 aromatic rings. The molecule has 7 heteroatoms. The minimum Gasteiger partial charge on any atom is -0.282 e. The summed E-state index contributed by atoms with van der Waals surface area (Å²) in [6.45, 7) is 1.57. The Bertz CT molecular complexity index is 479. The van der Waals surface area contributed by atoms with E-state index in [4.69, 9.17) is 4.55 Å². The number of aryl methyl sites for hydroxylation is 1. The van der Waals surface area contributed by atoms with Gasteiger partial charge in [-0.3, -0.25) is 14.7 Å². The van der Waals surface area contributed by atoms with Gasteiger partial charge in [0.15, 0.2) is 4.90 Å². The Morgan fingerprint density at radius 3 is 2.43 bits per heavy atom. The van der Waals surface area contributed by atoms with Gasteiger partial charge in [0.25, 0.3) is 5.69 Å². The highest BCUT2D eigenvalue weighted by atomic mass is 32.2. The van der Waals surface area contributed by atoms with Crippen molar-refractivity contribution in [3.63, 3.8) is 0 Å². The molecule has 1 aromatic carbocycles. The number of nitro benzene ring substituents is 1. The number of nitrogens with zero attached hydrogens (tertiary/aromatic N) is 1. The minimum atomic E-state index is -4.54. The Morgan fingerprint density at radius 1 is 1.43 bits per heavy atom. The van der Waals surface area contributed by atoms with Gasteiger partial charge in [0.2, 0.25) is 0 Å². The lowest BCUT2D eigenvalue weighted by Gasteiger charge is -2.00. The van der Waals surface area contributed by atoms with Crippen LogP contribution in [-0.2, 0) is 10.1 Å². The van der Waals surface area contributed by atoms with Crippen LogP contribution in [0.4, 0.5) is 5.69 Å². The van der Waals surface area contributed by atoms with Crippen molar-refractivity contribution in [1.82, 2.24) is 0 Å². The van der Waals surface area contributed by atoms with E-state index < -0.39 is 25.6 Å². The molecule has 0 radical (unpaired) electrons. The lowest BCUT2D eigenvalue weighted by atomic mass is 10.2. The maximum absolute atomic E-state index is 10.8. The first-order valence-corrected chi connectivity index (χ1v) is 4.99. The fraction of sp³-hybridized carbons (Fsp3) is 0.143. The predicted octanol–water partition coefficient (Wildman–Crippen LogP) is 1.15. The summed E-state index contributed by atoms with van der Waals surface area (Å²) in [4.78, 5) is 8.87. The number of hydrogen-bond donors (Lipinski definition) is 1. The van der Waals surface area contributed by atoms with Crippen molar-refractivity contribution in [1.29, 1.82) is 0 Å². The molecule has 0 saturated heterocycles. The summed E-state index contributed by atoms with van der Waals surface area (Å²) in [5, 5.41) is 10.4. The fourth-order valence-electron chi connectivity index (χ4n) is 0.979. The minimum absolute atomic E-state index is 0.517. The van der Waals surface area contributed by atoms with E-state index in [1.165, 1.54) is 6.07 Å². The number of benzene rings is 1. The van der Waals surface area contributed by atoms with Crippen LogP contribution >= 0.6 is 0 Å². The molecule has 14 heavy (non-hydrogen) atoms. The standard InChI is InChI=1S/C7H7NO5S/c1-5-2-3-6(8(9)10)7(4-5)14(11,12)13/h2-4H,1H3,(H,11,12,13). The van der Waals surface area contributed by atoms with Crippen LogP contribution in [0.5, 0.6) is 0 Å². The molecule has 1 rings (SSSR count). The highest BCUT2D eigenvalue weighted by molar-refractivity contribution is 7.86. The third kappa shape index (κ3) is 2.06. The zero-order valence-electron chi connectivity index (χ0n) is 7.17. The van der Waals surface area contributed by atoms with E-state index >= 15 is 0 Å². The summed E-state index contributed by atoms with van der Waals surface area (Å²) in [5.41, 5.74) is -0.110. The van der Waals surface area contributed by atoms with E-state index in [2.05, 4.69) is 0 Å². The molecule has 6 nitrogen and oxygen atoms in total. The van der Waals surface area contributed by atoms with Gasteiger partial charge in [0, 0.05) is 6.07 Å². The molecule has 0 bridgehead atoms. The number of rotatable bonds is 2. The highest BCUT2D eigenvalue weighted by Crippen LogP contribution is 2.24. The highest BCUT2D eigenvalue weighted by Gasteiger charge is 2.23. The molecule has 0 aliphatic carbocycles. The van der Waals surface area contributed by atoms with Crippen LogP contribution in [0, 0.1) is 17.0 Å². The average molecular weight is 217 g/mol. The number of hydrogen-bond acceptors (Lipinski definition) is 4. The first-order chi connectivity index (χ1) is 6.32. The van der Waals surface area contributed by atoms with Gasteiger partial charge in [0.05, 0.1) is 4.92 Å². The molecule has 1 N–H and O–H groups in total. The van der Waals surface area contributed by atoms with Gasteiger partial charge in [0.1, 0.15) is 0 Å². The zero-order chi connectivity index (χ0) is 10.9. The monoisotopic (exact) mass is 217 g/mol. The maximum Gasteiger partial charge on any atom is 0.301 e. The maximum atomic E-state index is 10.8. The Morgan fingerprint density at radius 2 is 2.00 bits per heavy atom. The Hall–Kier alpha value is -1.47. The van der Waals surface area contributed by atoms with Gasteiger partial charge in [-0.25, -0.2) is 0 Å². The lowest BCUT2D eigenvalue weighted by molar-refractivity contribution is -0.387. The molecule has 0 aliphatic rings. The van der Waals surface area contributed by atoms with Crippen LogP contribution < -0.4 is 0 Å². The van der Waals surface area contributed by atoms with Crippen LogP contribution in [0.15, 0.2) is 23.1 Å². The molecule has 0 aromatic heterocycles. The van der Waals surface area contributed by atoms with Gasteiger partial charge in [-0.15, -0.1) is 0 Å². The zero-order valence-corrected chi connectivity index (χ0v) is 7.98. The SMILES string of the molecule is Cc1ccc([N+](=O)[O-])c(S(=O)(=O)O)c1. The van der Waals surface area contributed by atoms with Crippen LogP contribution in [0.1, 0.15) is 5.56 Å². The Labute approximate surface area is 80.1 Å². The largest absolute Gasteiger partial charge is 0.301 e. The molecule has 76 valence electrons. The van der Waals surface area contributed by atoms with Crippen molar-refractivity contribution < 1.29 is 17.9 Å². The third-order valence-electron chi connectivity index (χ3n) is 1.59. The molecule has 0 atom stereocenters. The predicted molar refractivity (Wildman–Crippen MR) is 47.6 cm³/mol. The lowest BCUT2D eigenvalue weighted by Crippen LogP contribution is -2.03. The molecular weight excluding hydrogens is 210 g/mol. The molecular formula is C7H7NO5S. The van der Waals surface area contributed by atoms with E-state index in [9.17, 15) is 18.5 Å². The van der Waals surface area contributed by atoms with Crippen LogP contribution in [0.2, 0.25) is 0 Å².